The number of benzene rings is 1. The number of nitriles is 1. The zero-order chi connectivity index (χ0) is 13.0. The van der Waals surface area contributed by atoms with E-state index < -0.39 is 0 Å². The lowest BCUT2D eigenvalue weighted by atomic mass is 9.73. The molecule has 2 heteroatoms. The first-order valence-electron chi connectivity index (χ1n) is 6.85. The molecule has 1 N–H and O–H groups in total. The smallest absolute Gasteiger partial charge is 0.0995 e. The van der Waals surface area contributed by atoms with Gasteiger partial charge in [-0.05, 0) is 29.9 Å². The van der Waals surface area contributed by atoms with Gasteiger partial charge < -0.3 is 5.32 Å². The normalized spacial score (nSPS) is 22.4. The Kier molecular flexibility index (Phi) is 4.04. The Balaban J connectivity index is 2.01. The Hall–Kier alpha value is -1.33. The van der Waals surface area contributed by atoms with Crippen LogP contribution >= 0.6 is 0 Å². The summed E-state index contributed by atoms with van der Waals surface area (Å²) in [5, 5.41) is 12.7. The van der Waals surface area contributed by atoms with Crippen molar-refractivity contribution in [1.29, 1.82) is 5.26 Å². The standard InChI is InChI=1S/C16H22N2/c1-16(2)10-6-5-9-15(16)18-12-14-8-4-3-7-13(14)11-17/h3-4,7-8,15,18H,5-6,9-10,12H2,1-2H3. The quantitative estimate of drug-likeness (QED) is 0.878. The fourth-order valence-electron chi connectivity index (χ4n) is 2.89. The summed E-state index contributed by atoms with van der Waals surface area (Å²) in [7, 11) is 0. The van der Waals surface area contributed by atoms with Gasteiger partial charge in [-0.3, -0.25) is 0 Å². The maximum Gasteiger partial charge on any atom is 0.0995 e. The molecule has 0 saturated heterocycles. The van der Waals surface area contributed by atoms with Crippen LogP contribution in [0.2, 0.25) is 0 Å². The number of hydrogen-bond donors (Lipinski definition) is 1. The van der Waals surface area contributed by atoms with Crippen molar-refractivity contribution >= 4 is 0 Å². The van der Waals surface area contributed by atoms with Crippen LogP contribution in [0.5, 0.6) is 0 Å². The summed E-state index contributed by atoms with van der Waals surface area (Å²) < 4.78 is 0. The van der Waals surface area contributed by atoms with Crippen LogP contribution < -0.4 is 5.32 Å². The maximum absolute atomic E-state index is 9.08. The van der Waals surface area contributed by atoms with Crippen LogP contribution in [0.25, 0.3) is 0 Å². The second kappa shape index (κ2) is 5.54. The van der Waals surface area contributed by atoms with Crippen molar-refractivity contribution in [2.45, 2.75) is 52.1 Å². The van der Waals surface area contributed by atoms with Crippen molar-refractivity contribution in [3.63, 3.8) is 0 Å². The van der Waals surface area contributed by atoms with Crippen LogP contribution in [0.1, 0.15) is 50.7 Å². The molecule has 0 spiro atoms. The van der Waals surface area contributed by atoms with Gasteiger partial charge >= 0.3 is 0 Å². The molecule has 1 unspecified atom stereocenters. The minimum absolute atomic E-state index is 0.375. The van der Waals surface area contributed by atoms with Gasteiger partial charge in [0.1, 0.15) is 0 Å². The molecule has 0 radical (unpaired) electrons. The van der Waals surface area contributed by atoms with Crippen LogP contribution in [0.4, 0.5) is 0 Å². The Morgan fingerprint density at radius 3 is 2.83 bits per heavy atom. The highest BCUT2D eigenvalue weighted by Crippen LogP contribution is 2.35. The van der Waals surface area contributed by atoms with Gasteiger partial charge in [-0.15, -0.1) is 0 Å². The summed E-state index contributed by atoms with van der Waals surface area (Å²) in [6.07, 6.45) is 5.22. The minimum atomic E-state index is 0.375. The molecule has 1 atom stereocenters. The summed E-state index contributed by atoms with van der Waals surface area (Å²) in [6.45, 7) is 5.50. The second-order valence-electron chi connectivity index (χ2n) is 5.94. The van der Waals surface area contributed by atoms with E-state index in [4.69, 9.17) is 5.26 Å². The molecule has 1 aromatic carbocycles. The molecule has 0 aliphatic heterocycles. The van der Waals surface area contributed by atoms with Gasteiger partial charge in [0.15, 0.2) is 0 Å². The van der Waals surface area contributed by atoms with E-state index in [0.29, 0.717) is 11.5 Å². The van der Waals surface area contributed by atoms with E-state index in [1.165, 1.54) is 25.7 Å². The first-order chi connectivity index (χ1) is 8.63. The lowest BCUT2D eigenvalue weighted by Crippen LogP contribution is -2.43. The molecule has 2 rings (SSSR count). The third-order valence-electron chi connectivity index (χ3n) is 4.18. The van der Waals surface area contributed by atoms with E-state index in [9.17, 15) is 0 Å². The van der Waals surface area contributed by atoms with Crippen LogP contribution in [-0.4, -0.2) is 6.04 Å². The van der Waals surface area contributed by atoms with Gasteiger partial charge in [-0.2, -0.15) is 5.26 Å². The second-order valence-corrected chi connectivity index (χ2v) is 5.94. The number of nitrogens with zero attached hydrogens (tertiary/aromatic N) is 1. The van der Waals surface area contributed by atoms with Gasteiger partial charge in [-0.1, -0.05) is 44.9 Å². The average molecular weight is 242 g/mol. The lowest BCUT2D eigenvalue weighted by molar-refractivity contribution is 0.166. The number of hydrogen-bond acceptors (Lipinski definition) is 2. The summed E-state index contributed by atoms with van der Waals surface area (Å²) >= 11 is 0. The van der Waals surface area contributed by atoms with Crippen molar-refractivity contribution < 1.29 is 0 Å². The molecule has 0 amide bonds. The predicted octanol–water partition coefficient (Wildman–Crippen LogP) is 3.62. The zero-order valence-electron chi connectivity index (χ0n) is 11.4. The maximum atomic E-state index is 9.08. The number of nitrogens with one attached hydrogen (secondary N) is 1. The summed E-state index contributed by atoms with van der Waals surface area (Å²) in [5.74, 6) is 0. The number of rotatable bonds is 3. The molecular weight excluding hydrogens is 220 g/mol. The van der Waals surface area contributed by atoms with Crippen molar-refractivity contribution in [1.82, 2.24) is 5.32 Å². The van der Waals surface area contributed by atoms with Gasteiger partial charge in [0, 0.05) is 12.6 Å². The molecular formula is C16H22N2. The highest BCUT2D eigenvalue weighted by molar-refractivity contribution is 5.37. The van der Waals surface area contributed by atoms with Crippen molar-refractivity contribution in [2.75, 3.05) is 0 Å². The summed E-state index contributed by atoms with van der Waals surface area (Å²) in [5.41, 5.74) is 2.28. The Labute approximate surface area is 110 Å². The van der Waals surface area contributed by atoms with Gasteiger partial charge in [0.05, 0.1) is 11.6 Å². The van der Waals surface area contributed by atoms with Gasteiger partial charge in [0.25, 0.3) is 0 Å². The molecule has 0 bridgehead atoms. The van der Waals surface area contributed by atoms with Crippen LogP contribution in [0, 0.1) is 16.7 Å². The Morgan fingerprint density at radius 1 is 1.33 bits per heavy atom. The van der Waals surface area contributed by atoms with E-state index in [1.807, 2.05) is 24.3 Å². The lowest BCUT2D eigenvalue weighted by Gasteiger charge is -2.39. The van der Waals surface area contributed by atoms with Crippen LogP contribution in [-0.2, 0) is 6.54 Å². The Bertz CT molecular complexity index is 443. The molecule has 96 valence electrons. The molecule has 1 aromatic rings. The molecule has 18 heavy (non-hydrogen) atoms. The molecule has 1 saturated carbocycles. The van der Waals surface area contributed by atoms with Crippen LogP contribution in [0.3, 0.4) is 0 Å². The fraction of sp³-hybridized carbons (Fsp3) is 0.562. The van der Waals surface area contributed by atoms with E-state index in [0.717, 1.165) is 17.7 Å². The van der Waals surface area contributed by atoms with Gasteiger partial charge in [0.2, 0.25) is 0 Å². The summed E-state index contributed by atoms with van der Waals surface area (Å²) in [6, 6.07) is 10.7. The average Bonchev–Trinajstić information content (AvgIpc) is 2.37. The van der Waals surface area contributed by atoms with Crippen molar-refractivity contribution in [3.05, 3.63) is 35.4 Å². The molecule has 2 nitrogen and oxygen atoms in total. The largest absolute Gasteiger partial charge is 0.309 e. The fourth-order valence-corrected chi connectivity index (χ4v) is 2.89. The van der Waals surface area contributed by atoms with Crippen molar-refractivity contribution in [2.24, 2.45) is 5.41 Å². The topological polar surface area (TPSA) is 35.8 Å². The highest BCUT2D eigenvalue weighted by atomic mass is 14.9. The van der Waals surface area contributed by atoms with Crippen molar-refractivity contribution in [3.8, 4) is 6.07 Å². The SMILES string of the molecule is CC1(C)CCCCC1NCc1ccccc1C#N. The molecule has 1 aliphatic carbocycles. The molecule has 1 aliphatic rings. The Morgan fingerprint density at radius 2 is 2.11 bits per heavy atom. The third-order valence-corrected chi connectivity index (χ3v) is 4.18. The first kappa shape index (κ1) is 13.1. The van der Waals surface area contributed by atoms with E-state index >= 15 is 0 Å². The van der Waals surface area contributed by atoms with Gasteiger partial charge in [-0.25, -0.2) is 0 Å². The molecule has 1 fully saturated rings. The van der Waals surface area contributed by atoms with E-state index in [-0.39, 0.29) is 0 Å². The summed E-state index contributed by atoms with van der Waals surface area (Å²) in [4.78, 5) is 0. The molecule has 0 heterocycles. The third kappa shape index (κ3) is 2.91. The highest BCUT2D eigenvalue weighted by Gasteiger charge is 2.31. The first-order valence-corrected chi connectivity index (χ1v) is 6.85. The van der Waals surface area contributed by atoms with E-state index in [2.05, 4.69) is 25.2 Å². The zero-order valence-corrected chi connectivity index (χ0v) is 11.4. The minimum Gasteiger partial charge on any atom is -0.309 e. The molecule has 0 aromatic heterocycles. The monoisotopic (exact) mass is 242 g/mol. The van der Waals surface area contributed by atoms with E-state index in [1.54, 1.807) is 0 Å². The predicted molar refractivity (Wildman–Crippen MR) is 74.0 cm³/mol. The van der Waals surface area contributed by atoms with Crippen LogP contribution in [0.15, 0.2) is 24.3 Å².